The Kier molecular flexibility index (Phi) is 2.29. The van der Waals surface area contributed by atoms with Crippen LogP contribution in [0.5, 0.6) is 0 Å². The van der Waals surface area contributed by atoms with E-state index in [0.717, 1.165) is 5.56 Å². The summed E-state index contributed by atoms with van der Waals surface area (Å²) in [5.41, 5.74) is 1.32. The van der Waals surface area contributed by atoms with Crippen LogP contribution < -0.4 is 0 Å². The van der Waals surface area contributed by atoms with Gasteiger partial charge in [0.05, 0.1) is 12.1 Å². The molecular weight excluding hydrogens is 196 g/mol. The molecule has 5 nitrogen and oxygen atoms in total. The van der Waals surface area contributed by atoms with Gasteiger partial charge in [-0.25, -0.2) is 0 Å². The van der Waals surface area contributed by atoms with Crippen LogP contribution in [-0.2, 0) is 18.3 Å². The van der Waals surface area contributed by atoms with Gasteiger partial charge in [-0.1, -0.05) is 5.16 Å². The number of nitrogens with zero attached hydrogens (tertiary/aromatic N) is 2. The van der Waals surface area contributed by atoms with Gasteiger partial charge in [0, 0.05) is 31.1 Å². The molecule has 2 rings (SSSR count). The van der Waals surface area contributed by atoms with Crippen molar-refractivity contribution in [2.24, 2.45) is 7.05 Å². The number of rotatable bonds is 3. The lowest BCUT2D eigenvalue weighted by Gasteiger charge is -1.86. The molecule has 0 amide bonds. The highest BCUT2D eigenvalue weighted by molar-refractivity contribution is 5.70. The summed E-state index contributed by atoms with van der Waals surface area (Å²) >= 11 is 0. The lowest BCUT2D eigenvalue weighted by atomic mass is 10.2. The quantitative estimate of drug-likeness (QED) is 0.822. The van der Waals surface area contributed by atoms with Gasteiger partial charge in [-0.2, -0.15) is 0 Å². The SMILES string of the molecule is Cn1ccc(-c2cc(CC(=O)O)no2)c1. The molecule has 0 aromatic carbocycles. The number of aliphatic carboxylic acids is 1. The smallest absolute Gasteiger partial charge is 0.309 e. The van der Waals surface area contributed by atoms with E-state index in [1.165, 1.54) is 0 Å². The van der Waals surface area contributed by atoms with Crippen LogP contribution in [0.1, 0.15) is 5.69 Å². The Morgan fingerprint density at radius 1 is 1.67 bits per heavy atom. The number of carbonyl (C=O) groups is 1. The maximum absolute atomic E-state index is 10.4. The number of carboxylic acids is 1. The largest absolute Gasteiger partial charge is 0.481 e. The maximum atomic E-state index is 10.4. The summed E-state index contributed by atoms with van der Waals surface area (Å²) in [5, 5.41) is 12.2. The molecule has 2 heterocycles. The highest BCUT2D eigenvalue weighted by Gasteiger charge is 2.09. The van der Waals surface area contributed by atoms with E-state index in [1.807, 2.05) is 30.1 Å². The van der Waals surface area contributed by atoms with E-state index in [-0.39, 0.29) is 6.42 Å². The van der Waals surface area contributed by atoms with Crippen molar-refractivity contribution >= 4 is 5.97 Å². The molecule has 0 saturated heterocycles. The average molecular weight is 206 g/mol. The summed E-state index contributed by atoms with van der Waals surface area (Å²) in [6, 6.07) is 3.52. The Morgan fingerprint density at radius 3 is 3.07 bits per heavy atom. The summed E-state index contributed by atoms with van der Waals surface area (Å²) in [6.07, 6.45) is 3.65. The van der Waals surface area contributed by atoms with Crippen molar-refractivity contribution in [2.45, 2.75) is 6.42 Å². The predicted octanol–water partition coefficient (Wildman–Crippen LogP) is 1.31. The van der Waals surface area contributed by atoms with Crippen LogP contribution in [0.3, 0.4) is 0 Å². The van der Waals surface area contributed by atoms with Crippen molar-refractivity contribution in [2.75, 3.05) is 0 Å². The normalized spacial score (nSPS) is 10.5. The zero-order valence-electron chi connectivity index (χ0n) is 8.17. The van der Waals surface area contributed by atoms with E-state index in [0.29, 0.717) is 11.5 Å². The number of hydrogen-bond acceptors (Lipinski definition) is 3. The Balaban J connectivity index is 2.23. The zero-order chi connectivity index (χ0) is 10.8. The van der Waals surface area contributed by atoms with E-state index in [1.54, 1.807) is 6.07 Å². The Hall–Kier alpha value is -2.04. The summed E-state index contributed by atoms with van der Waals surface area (Å²) in [7, 11) is 1.90. The Labute approximate surface area is 85.9 Å². The van der Waals surface area contributed by atoms with E-state index in [2.05, 4.69) is 5.16 Å². The second-order valence-corrected chi connectivity index (χ2v) is 3.32. The molecule has 0 aliphatic rings. The Morgan fingerprint density at radius 2 is 2.47 bits per heavy atom. The van der Waals surface area contributed by atoms with Gasteiger partial charge in [0.25, 0.3) is 0 Å². The molecule has 0 aliphatic heterocycles. The molecule has 0 radical (unpaired) electrons. The highest BCUT2D eigenvalue weighted by Crippen LogP contribution is 2.20. The van der Waals surface area contributed by atoms with Gasteiger partial charge >= 0.3 is 5.97 Å². The molecule has 78 valence electrons. The third kappa shape index (κ3) is 2.07. The molecule has 1 N–H and O–H groups in total. The zero-order valence-corrected chi connectivity index (χ0v) is 8.17. The van der Waals surface area contributed by atoms with Crippen LogP contribution in [0.2, 0.25) is 0 Å². The number of aromatic nitrogens is 2. The fourth-order valence-corrected chi connectivity index (χ4v) is 1.34. The molecule has 15 heavy (non-hydrogen) atoms. The van der Waals surface area contributed by atoms with Crippen molar-refractivity contribution in [1.82, 2.24) is 9.72 Å². The molecular formula is C10H10N2O3. The van der Waals surface area contributed by atoms with Crippen molar-refractivity contribution in [3.05, 3.63) is 30.2 Å². The fourth-order valence-electron chi connectivity index (χ4n) is 1.34. The molecule has 0 bridgehead atoms. The average Bonchev–Trinajstić information content (AvgIpc) is 2.72. The van der Waals surface area contributed by atoms with Crippen LogP contribution in [0.4, 0.5) is 0 Å². The Bertz CT molecular complexity index is 484. The first-order chi connectivity index (χ1) is 7.15. The fraction of sp³-hybridized carbons (Fsp3) is 0.200. The first-order valence-corrected chi connectivity index (χ1v) is 4.45. The molecule has 0 spiro atoms. The van der Waals surface area contributed by atoms with Crippen LogP contribution in [0.25, 0.3) is 11.3 Å². The minimum absolute atomic E-state index is 0.115. The summed E-state index contributed by atoms with van der Waals surface area (Å²) in [4.78, 5) is 10.4. The minimum atomic E-state index is -0.914. The molecule has 0 atom stereocenters. The van der Waals surface area contributed by atoms with E-state index >= 15 is 0 Å². The van der Waals surface area contributed by atoms with Gasteiger partial charge in [-0.05, 0) is 6.07 Å². The molecule has 0 aliphatic carbocycles. The second kappa shape index (κ2) is 3.61. The van der Waals surface area contributed by atoms with E-state index < -0.39 is 5.97 Å². The topological polar surface area (TPSA) is 68.3 Å². The molecule has 0 unspecified atom stereocenters. The van der Waals surface area contributed by atoms with Crippen LogP contribution in [-0.4, -0.2) is 20.8 Å². The van der Waals surface area contributed by atoms with Crippen molar-refractivity contribution in [3.8, 4) is 11.3 Å². The monoisotopic (exact) mass is 206 g/mol. The molecule has 2 aromatic heterocycles. The third-order valence-corrected chi connectivity index (χ3v) is 2.01. The summed E-state index contributed by atoms with van der Waals surface area (Å²) in [5.74, 6) is -0.324. The van der Waals surface area contributed by atoms with Gasteiger partial charge in [0.2, 0.25) is 0 Å². The van der Waals surface area contributed by atoms with E-state index in [4.69, 9.17) is 9.63 Å². The summed E-state index contributed by atoms with van der Waals surface area (Å²) in [6.45, 7) is 0. The molecule has 5 heteroatoms. The molecule has 0 saturated carbocycles. The third-order valence-electron chi connectivity index (χ3n) is 2.01. The lowest BCUT2D eigenvalue weighted by Crippen LogP contribution is -1.99. The number of aryl methyl sites for hydroxylation is 1. The van der Waals surface area contributed by atoms with Gasteiger partial charge in [-0.15, -0.1) is 0 Å². The van der Waals surface area contributed by atoms with Crippen molar-refractivity contribution < 1.29 is 14.4 Å². The van der Waals surface area contributed by atoms with Crippen molar-refractivity contribution in [3.63, 3.8) is 0 Å². The highest BCUT2D eigenvalue weighted by atomic mass is 16.5. The maximum Gasteiger partial charge on any atom is 0.309 e. The van der Waals surface area contributed by atoms with Gasteiger partial charge in [0.15, 0.2) is 5.76 Å². The van der Waals surface area contributed by atoms with Gasteiger partial charge < -0.3 is 14.2 Å². The number of carboxylic acid groups (broad SMARTS) is 1. The predicted molar refractivity (Wildman–Crippen MR) is 52.2 cm³/mol. The number of hydrogen-bond donors (Lipinski definition) is 1. The van der Waals surface area contributed by atoms with Crippen LogP contribution >= 0.6 is 0 Å². The van der Waals surface area contributed by atoms with Crippen molar-refractivity contribution in [1.29, 1.82) is 0 Å². The second-order valence-electron chi connectivity index (χ2n) is 3.32. The first-order valence-electron chi connectivity index (χ1n) is 4.45. The first kappa shape index (κ1) is 9.51. The minimum Gasteiger partial charge on any atom is -0.481 e. The van der Waals surface area contributed by atoms with E-state index in [9.17, 15) is 4.79 Å². The summed E-state index contributed by atoms with van der Waals surface area (Å²) < 4.78 is 6.92. The lowest BCUT2D eigenvalue weighted by molar-refractivity contribution is -0.136. The standard InChI is InChI=1S/C10H10N2O3/c1-12-3-2-7(6-12)9-4-8(11-15-9)5-10(13)14/h2-4,6H,5H2,1H3,(H,13,14). The van der Waals surface area contributed by atoms with Crippen LogP contribution in [0, 0.1) is 0 Å². The molecule has 2 aromatic rings. The molecule has 0 fully saturated rings. The van der Waals surface area contributed by atoms with Gasteiger partial charge in [0.1, 0.15) is 0 Å². The van der Waals surface area contributed by atoms with Crippen LogP contribution in [0.15, 0.2) is 29.0 Å². The van der Waals surface area contributed by atoms with Gasteiger partial charge in [-0.3, -0.25) is 4.79 Å².